The predicted molar refractivity (Wildman–Crippen MR) is 107 cm³/mol. The molecule has 0 bridgehead atoms. The minimum atomic E-state index is -1.19. The largest absolute Gasteiger partial charge is 0.479 e. The number of hydrogen-bond acceptors (Lipinski definition) is 5. The first-order valence-electron chi connectivity index (χ1n) is 9.74. The van der Waals surface area contributed by atoms with Crippen LogP contribution in [0.25, 0.3) is 16.6 Å². The highest BCUT2D eigenvalue weighted by Gasteiger charge is 2.46. The number of benzene rings is 1. The van der Waals surface area contributed by atoms with Crippen molar-refractivity contribution in [2.24, 2.45) is 0 Å². The summed E-state index contributed by atoms with van der Waals surface area (Å²) in [6.45, 7) is 1.77. The Kier molecular flexibility index (Phi) is 4.77. The summed E-state index contributed by atoms with van der Waals surface area (Å²) >= 11 is 0. The SMILES string of the molecule is Cc1c(C(=O)N(C)C2(C(=O)O)CCCCC2)nnn1-c1cccc2ncccc12. The van der Waals surface area contributed by atoms with Crippen LogP contribution in [-0.2, 0) is 4.79 Å². The van der Waals surface area contributed by atoms with E-state index in [9.17, 15) is 14.7 Å². The molecule has 1 aliphatic rings. The van der Waals surface area contributed by atoms with Gasteiger partial charge >= 0.3 is 5.97 Å². The number of carboxylic acids is 1. The second-order valence-corrected chi connectivity index (χ2v) is 7.54. The maximum Gasteiger partial charge on any atom is 0.329 e. The van der Waals surface area contributed by atoms with Crippen molar-refractivity contribution in [2.75, 3.05) is 7.05 Å². The van der Waals surface area contributed by atoms with Crippen molar-refractivity contribution in [1.29, 1.82) is 0 Å². The average molecular weight is 393 g/mol. The van der Waals surface area contributed by atoms with Crippen molar-refractivity contribution >= 4 is 22.8 Å². The minimum absolute atomic E-state index is 0.166. The Morgan fingerprint density at radius 1 is 1.14 bits per heavy atom. The molecule has 0 aliphatic heterocycles. The van der Waals surface area contributed by atoms with E-state index < -0.39 is 17.4 Å². The van der Waals surface area contributed by atoms with E-state index in [1.54, 1.807) is 24.9 Å². The zero-order chi connectivity index (χ0) is 20.6. The van der Waals surface area contributed by atoms with Crippen molar-refractivity contribution in [1.82, 2.24) is 24.9 Å². The fourth-order valence-electron chi connectivity index (χ4n) is 4.21. The van der Waals surface area contributed by atoms with E-state index in [-0.39, 0.29) is 5.69 Å². The molecule has 1 fully saturated rings. The van der Waals surface area contributed by atoms with Crippen LogP contribution < -0.4 is 0 Å². The maximum atomic E-state index is 13.2. The highest BCUT2D eigenvalue weighted by atomic mass is 16.4. The molecule has 3 aromatic rings. The molecule has 1 saturated carbocycles. The van der Waals surface area contributed by atoms with E-state index in [2.05, 4.69) is 15.3 Å². The van der Waals surface area contributed by atoms with Gasteiger partial charge in [0, 0.05) is 18.6 Å². The fourth-order valence-corrected chi connectivity index (χ4v) is 4.21. The normalized spacial score (nSPS) is 15.9. The highest BCUT2D eigenvalue weighted by Crippen LogP contribution is 2.34. The van der Waals surface area contributed by atoms with Crippen LogP contribution in [0.3, 0.4) is 0 Å². The number of nitrogens with zero attached hydrogens (tertiary/aromatic N) is 5. The Hall–Kier alpha value is -3.29. The van der Waals surface area contributed by atoms with Crippen LogP contribution in [0, 0.1) is 6.92 Å². The summed E-state index contributed by atoms with van der Waals surface area (Å²) in [5, 5.41) is 19.1. The number of amides is 1. The molecule has 2 heterocycles. The Labute approximate surface area is 168 Å². The predicted octanol–water partition coefficient (Wildman–Crippen LogP) is 2.98. The van der Waals surface area contributed by atoms with E-state index in [1.807, 2.05) is 30.3 Å². The Bertz CT molecular complexity index is 1080. The maximum absolute atomic E-state index is 13.2. The molecule has 0 spiro atoms. The first-order chi connectivity index (χ1) is 14.0. The van der Waals surface area contributed by atoms with E-state index >= 15 is 0 Å². The number of fused-ring (bicyclic) bond motifs is 1. The average Bonchev–Trinajstić information content (AvgIpc) is 3.13. The molecule has 0 unspecified atom stereocenters. The molecule has 0 saturated heterocycles. The molecular weight excluding hydrogens is 370 g/mol. The number of hydrogen-bond donors (Lipinski definition) is 1. The third kappa shape index (κ3) is 3.04. The lowest BCUT2D eigenvalue weighted by molar-refractivity contribution is -0.151. The van der Waals surface area contributed by atoms with Crippen molar-refractivity contribution in [3.8, 4) is 5.69 Å². The Morgan fingerprint density at radius 2 is 1.90 bits per heavy atom. The van der Waals surface area contributed by atoms with Gasteiger partial charge in [0.2, 0.25) is 0 Å². The standard InChI is InChI=1S/C21H23N5O3/c1-14-18(19(27)25(2)21(20(28)29)11-4-3-5-12-21)23-24-26(14)17-10-6-9-16-15(17)8-7-13-22-16/h6-10,13H,3-5,11-12H2,1-2H3,(H,28,29). The number of carbonyl (C=O) groups excluding carboxylic acids is 1. The number of aliphatic carboxylic acids is 1. The van der Waals surface area contributed by atoms with Crippen LogP contribution in [0.4, 0.5) is 0 Å². The third-order valence-electron chi connectivity index (χ3n) is 5.97. The quantitative estimate of drug-likeness (QED) is 0.731. The topological polar surface area (TPSA) is 101 Å². The summed E-state index contributed by atoms with van der Waals surface area (Å²) < 4.78 is 1.61. The monoisotopic (exact) mass is 393 g/mol. The molecule has 1 aliphatic carbocycles. The van der Waals surface area contributed by atoms with Crippen molar-refractivity contribution < 1.29 is 14.7 Å². The van der Waals surface area contributed by atoms with E-state index in [0.717, 1.165) is 35.9 Å². The van der Waals surface area contributed by atoms with E-state index in [1.165, 1.54) is 4.90 Å². The summed E-state index contributed by atoms with van der Waals surface area (Å²) in [4.78, 5) is 31.0. The fraction of sp³-hybridized carbons (Fsp3) is 0.381. The number of rotatable bonds is 4. The lowest BCUT2D eigenvalue weighted by Gasteiger charge is -2.40. The summed E-state index contributed by atoms with van der Waals surface area (Å²) in [6.07, 6.45) is 5.19. The summed E-state index contributed by atoms with van der Waals surface area (Å²) in [5.41, 5.74) is 1.13. The van der Waals surface area contributed by atoms with Gasteiger partial charge in [0.25, 0.3) is 5.91 Å². The van der Waals surface area contributed by atoms with Gasteiger partial charge in [-0.25, -0.2) is 9.48 Å². The smallest absolute Gasteiger partial charge is 0.329 e. The van der Waals surface area contributed by atoms with E-state index in [0.29, 0.717) is 18.5 Å². The molecule has 8 heteroatoms. The van der Waals surface area contributed by atoms with Crippen LogP contribution >= 0.6 is 0 Å². The molecule has 2 aromatic heterocycles. The first kappa shape index (κ1) is 19.0. The molecule has 150 valence electrons. The van der Waals surface area contributed by atoms with Crippen LogP contribution in [0.1, 0.15) is 48.3 Å². The summed E-state index contributed by atoms with van der Waals surface area (Å²) in [6, 6.07) is 9.46. The molecule has 0 radical (unpaired) electrons. The van der Waals surface area contributed by atoms with Crippen LogP contribution in [0.15, 0.2) is 36.5 Å². The van der Waals surface area contributed by atoms with Gasteiger partial charge in [-0.15, -0.1) is 5.10 Å². The second-order valence-electron chi connectivity index (χ2n) is 7.54. The van der Waals surface area contributed by atoms with Crippen LogP contribution in [0.5, 0.6) is 0 Å². The van der Waals surface area contributed by atoms with Crippen molar-refractivity contribution in [3.05, 3.63) is 47.9 Å². The molecule has 8 nitrogen and oxygen atoms in total. The molecular formula is C21H23N5O3. The zero-order valence-corrected chi connectivity index (χ0v) is 16.5. The number of pyridine rings is 1. The number of aromatic nitrogens is 4. The van der Waals surface area contributed by atoms with Crippen molar-refractivity contribution in [2.45, 2.75) is 44.6 Å². The second kappa shape index (κ2) is 7.27. The third-order valence-corrected chi connectivity index (χ3v) is 5.97. The van der Waals surface area contributed by atoms with Gasteiger partial charge in [0.05, 0.1) is 16.9 Å². The molecule has 1 N–H and O–H groups in total. The van der Waals surface area contributed by atoms with Gasteiger partial charge in [-0.1, -0.05) is 30.5 Å². The Morgan fingerprint density at radius 3 is 2.62 bits per heavy atom. The molecule has 4 rings (SSSR count). The number of carboxylic acid groups (broad SMARTS) is 1. The summed E-state index contributed by atoms with van der Waals surface area (Å²) in [5.74, 6) is -1.38. The molecule has 0 atom stereocenters. The molecule has 1 amide bonds. The van der Waals surface area contributed by atoms with Gasteiger partial charge in [0.15, 0.2) is 5.69 Å². The summed E-state index contributed by atoms with van der Waals surface area (Å²) in [7, 11) is 1.56. The van der Waals surface area contributed by atoms with Gasteiger partial charge in [-0.2, -0.15) is 0 Å². The molecule has 1 aromatic carbocycles. The van der Waals surface area contributed by atoms with Gasteiger partial charge in [-0.05, 0) is 44.0 Å². The van der Waals surface area contributed by atoms with Gasteiger partial charge in [-0.3, -0.25) is 9.78 Å². The lowest BCUT2D eigenvalue weighted by atomic mass is 9.80. The molecule has 29 heavy (non-hydrogen) atoms. The van der Waals surface area contributed by atoms with Gasteiger partial charge < -0.3 is 10.0 Å². The zero-order valence-electron chi connectivity index (χ0n) is 16.5. The lowest BCUT2D eigenvalue weighted by Crippen LogP contribution is -2.56. The highest BCUT2D eigenvalue weighted by molar-refractivity contribution is 5.97. The van der Waals surface area contributed by atoms with Crippen LogP contribution in [-0.4, -0.2) is 54.4 Å². The minimum Gasteiger partial charge on any atom is -0.479 e. The van der Waals surface area contributed by atoms with Crippen molar-refractivity contribution in [3.63, 3.8) is 0 Å². The van der Waals surface area contributed by atoms with Crippen LogP contribution in [0.2, 0.25) is 0 Å². The number of likely N-dealkylation sites (N-methyl/N-ethyl adjacent to an activating group) is 1. The first-order valence-corrected chi connectivity index (χ1v) is 9.74. The Balaban J connectivity index is 1.73. The van der Waals surface area contributed by atoms with E-state index in [4.69, 9.17) is 0 Å². The van der Waals surface area contributed by atoms with Gasteiger partial charge in [0.1, 0.15) is 5.54 Å². The number of carbonyl (C=O) groups is 2.